The van der Waals surface area contributed by atoms with Crippen molar-refractivity contribution in [1.82, 2.24) is 0 Å². The molecule has 0 spiro atoms. The molecular formula is C34H67O8P. The van der Waals surface area contributed by atoms with Crippen molar-refractivity contribution in [2.45, 2.75) is 193 Å². The van der Waals surface area contributed by atoms with Gasteiger partial charge in [-0.3, -0.25) is 14.1 Å². The summed E-state index contributed by atoms with van der Waals surface area (Å²) in [6.07, 6.45) is 29.7. The topological polar surface area (TPSA) is 119 Å². The summed E-state index contributed by atoms with van der Waals surface area (Å²) >= 11 is 0. The molecule has 0 heterocycles. The smallest absolute Gasteiger partial charge is 0.462 e. The fourth-order valence-electron chi connectivity index (χ4n) is 5.20. The molecule has 9 heteroatoms. The molecule has 0 aliphatic rings. The Labute approximate surface area is 264 Å². The lowest BCUT2D eigenvalue weighted by Crippen LogP contribution is -2.29. The molecule has 0 aliphatic carbocycles. The van der Waals surface area contributed by atoms with E-state index < -0.39 is 32.5 Å². The monoisotopic (exact) mass is 634 g/mol. The normalized spacial score (nSPS) is 12.4. The molecule has 43 heavy (non-hydrogen) atoms. The molecule has 0 amide bonds. The van der Waals surface area contributed by atoms with Gasteiger partial charge in [-0.25, -0.2) is 4.57 Å². The zero-order valence-corrected chi connectivity index (χ0v) is 28.8. The Bertz CT molecular complexity index is 681. The van der Waals surface area contributed by atoms with Crippen LogP contribution in [0.5, 0.6) is 0 Å². The Kier molecular flexibility index (Phi) is 30.4. The van der Waals surface area contributed by atoms with Crippen molar-refractivity contribution < 1.29 is 37.9 Å². The molecule has 2 N–H and O–H groups in total. The average Bonchev–Trinajstić information content (AvgIpc) is 2.97. The second kappa shape index (κ2) is 31.0. The number of esters is 2. The summed E-state index contributed by atoms with van der Waals surface area (Å²) in [5, 5.41) is 0. The third kappa shape index (κ3) is 33.8. The first kappa shape index (κ1) is 42.0. The molecule has 0 aromatic rings. The maximum absolute atomic E-state index is 12.3. The van der Waals surface area contributed by atoms with Crippen molar-refractivity contribution >= 4 is 19.8 Å². The third-order valence-corrected chi connectivity index (χ3v) is 8.36. The number of phosphoric acid groups is 1. The fourth-order valence-corrected chi connectivity index (χ4v) is 5.56. The first-order valence-electron chi connectivity index (χ1n) is 17.8. The van der Waals surface area contributed by atoms with E-state index in [1.54, 1.807) is 0 Å². The van der Waals surface area contributed by atoms with Crippen LogP contribution in [0.25, 0.3) is 0 Å². The van der Waals surface area contributed by atoms with Crippen molar-refractivity contribution in [3.63, 3.8) is 0 Å². The maximum atomic E-state index is 12.3. The molecule has 0 fully saturated rings. The van der Waals surface area contributed by atoms with Crippen LogP contribution in [0.15, 0.2) is 0 Å². The van der Waals surface area contributed by atoms with Crippen LogP contribution in [0.1, 0.15) is 187 Å². The summed E-state index contributed by atoms with van der Waals surface area (Å²) in [6, 6.07) is 0. The van der Waals surface area contributed by atoms with Gasteiger partial charge in [0.25, 0.3) is 0 Å². The molecule has 0 aromatic carbocycles. The summed E-state index contributed by atoms with van der Waals surface area (Å²) in [6.45, 7) is 3.67. The molecular weight excluding hydrogens is 567 g/mol. The molecule has 0 rings (SSSR count). The number of unbranched alkanes of at least 4 members (excludes halogenated alkanes) is 23. The second-order valence-corrected chi connectivity index (χ2v) is 13.5. The van der Waals surface area contributed by atoms with Crippen LogP contribution in [-0.2, 0) is 28.2 Å². The Morgan fingerprint density at radius 3 is 1.19 bits per heavy atom. The zero-order valence-electron chi connectivity index (χ0n) is 27.9. The molecule has 0 aromatic heterocycles. The summed E-state index contributed by atoms with van der Waals surface area (Å²) in [7, 11) is -4.74. The van der Waals surface area contributed by atoms with Gasteiger partial charge >= 0.3 is 19.8 Å². The van der Waals surface area contributed by atoms with E-state index in [9.17, 15) is 14.2 Å². The van der Waals surface area contributed by atoms with Gasteiger partial charge in [0.1, 0.15) is 6.61 Å². The highest BCUT2D eigenvalue weighted by atomic mass is 31.2. The van der Waals surface area contributed by atoms with Crippen LogP contribution < -0.4 is 0 Å². The summed E-state index contributed by atoms with van der Waals surface area (Å²) in [5.74, 6) is -0.876. The summed E-state index contributed by atoms with van der Waals surface area (Å²) < 4.78 is 26.2. The number of carbonyl (C=O) groups excluding carboxylic acids is 2. The minimum Gasteiger partial charge on any atom is -0.462 e. The predicted octanol–water partition coefficient (Wildman–Crippen LogP) is 10.1. The van der Waals surface area contributed by atoms with Gasteiger partial charge < -0.3 is 19.3 Å². The number of hydrogen-bond acceptors (Lipinski definition) is 6. The molecule has 1 atom stereocenters. The van der Waals surface area contributed by atoms with E-state index in [-0.39, 0.29) is 19.4 Å². The zero-order chi connectivity index (χ0) is 31.9. The van der Waals surface area contributed by atoms with Crippen LogP contribution in [0.3, 0.4) is 0 Å². The average molecular weight is 635 g/mol. The Hall–Kier alpha value is -0.950. The molecule has 0 bridgehead atoms. The van der Waals surface area contributed by atoms with E-state index in [0.717, 1.165) is 32.1 Å². The van der Waals surface area contributed by atoms with Crippen LogP contribution in [0.2, 0.25) is 0 Å². The van der Waals surface area contributed by atoms with Gasteiger partial charge in [0.15, 0.2) is 6.10 Å². The maximum Gasteiger partial charge on any atom is 0.469 e. The highest BCUT2D eigenvalue weighted by Gasteiger charge is 2.22. The molecule has 1 unspecified atom stereocenters. The van der Waals surface area contributed by atoms with E-state index in [1.807, 2.05) is 0 Å². The van der Waals surface area contributed by atoms with E-state index in [1.165, 1.54) is 122 Å². The number of phosphoric ester groups is 1. The highest BCUT2D eigenvalue weighted by Crippen LogP contribution is 2.36. The molecule has 0 radical (unpaired) electrons. The largest absolute Gasteiger partial charge is 0.469 e. The van der Waals surface area contributed by atoms with Gasteiger partial charge in [0.2, 0.25) is 0 Å². The number of hydrogen-bond donors (Lipinski definition) is 2. The molecule has 0 saturated carbocycles. The van der Waals surface area contributed by atoms with Gasteiger partial charge in [0, 0.05) is 12.8 Å². The second-order valence-electron chi connectivity index (χ2n) is 12.2. The van der Waals surface area contributed by atoms with Crippen molar-refractivity contribution in [2.75, 3.05) is 13.2 Å². The van der Waals surface area contributed by atoms with Gasteiger partial charge in [-0.15, -0.1) is 0 Å². The SMILES string of the molecule is CCCCCCCCCCCCCCCCCC(=O)OC(COC(=O)CCCCCCCCCCCC)COP(=O)(O)O. The van der Waals surface area contributed by atoms with Crippen LogP contribution >= 0.6 is 7.82 Å². The number of rotatable bonds is 33. The van der Waals surface area contributed by atoms with Gasteiger partial charge in [-0.2, -0.15) is 0 Å². The number of carbonyl (C=O) groups is 2. The predicted molar refractivity (Wildman–Crippen MR) is 175 cm³/mol. The van der Waals surface area contributed by atoms with Crippen LogP contribution in [0.4, 0.5) is 0 Å². The van der Waals surface area contributed by atoms with E-state index in [2.05, 4.69) is 18.4 Å². The Morgan fingerprint density at radius 2 is 0.837 bits per heavy atom. The molecule has 8 nitrogen and oxygen atoms in total. The van der Waals surface area contributed by atoms with Crippen LogP contribution in [-0.4, -0.2) is 41.0 Å². The van der Waals surface area contributed by atoms with Crippen LogP contribution in [0, 0.1) is 0 Å². The fraction of sp³-hybridized carbons (Fsp3) is 0.941. The molecule has 256 valence electrons. The quantitative estimate of drug-likeness (QED) is 0.0416. The van der Waals surface area contributed by atoms with Crippen molar-refractivity contribution in [3.8, 4) is 0 Å². The minimum atomic E-state index is -4.74. The first-order valence-corrected chi connectivity index (χ1v) is 19.4. The molecule has 0 saturated heterocycles. The van der Waals surface area contributed by atoms with Gasteiger partial charge in [0.05, 0.1) is 6.61 Å². The Balaban J connectivity index is 3.94. The minimum absolute atomic E-state index is 0.219. The van der Waals surface area contributed by atoms with Gasteiger partial charge in [-0.05, 0) is 12.8 Å². The third-order valence-electron chi connectivity index (χ3n) is 7.88. The first-order chi connectivity index (χ1) is 20.8. The highest BCUT2D eigenvalue weighted by molar-refractivity contribution is 7.46. The van der Waals surface area contributed by atoms with Crippen molar-refractivity contribution in [1.29, 1.82) is 0 Å². The number of ether oxygens (including phenoxy) is 2. The Morgan fingerprint density at radius 1 is 0.512 bits per heavy atom. The molecule has 0 aliphatic heterocycles. The standard InChI is InChI=1S/C34H67O8P/c1-3-5-7-9-11-13-15-16-17-18-19-21-23-25-27-29-34(36)42-32(31-41-43(37,38)39)30-40-33(35)28-26-24-22-20-14-12-10-8-6-4-2/h32H,3-31H2,1-2H3,(H2,37,38,39). The lowest BCUT2D eigenvalue weighted by Gasteiger charge is -2.18. The van der Waals surface area contributed by atoms with Gasteiger partial charge in [-0.1, -0.05) is 162 Å². The van der Waals surface area contributed by atoms with E-state index in [4.69, 9.17) is 19.3 Å². The van der Waals surface area contributed by atoms with Crippen molar-refractivity contribution in [2.24, 2.45) is 0 Å². The summed E-state index contributed by atoms with van der Waals surface area (Å²) in [4.78, 5) is 42.5. The van der Waals surface area contributed by atoms with E-state index >= 15 is 0 Å². The van der Waals surface area contributed by atoms with E-state index in [0.29, 0.717) is 6.42 Å². The van der Waals surface area contributed by atoms with Crippen molar-refractivity contribution in [3.05, 3.63) is 0 Å². The lowest BCUT2D eigenvalue weighted by molar-refractivity contribution is -0.161. The lowest BCUT2D eigenvalue weighted by atomic mass is 10.0. The summed E-state index contributed by atoms with van der Waals surface area (Å²) in [5.41, 5.74) is 0.